The lowest BCUT2D eigenvalue weighted by molar-refractivity contribution is 0.0697. The number of hydrogen-bond donors (Lipinski definition) is 2. The predicted octanol–water partition coefficient (Wildman–Crippen LogP) is 4.87. The number of benzene rings is 3. The molecule has 0 aromatic heterocycles. The lowest BCUT2D eigenvalue weighted by atomic mass is 10.1. The summed E-state index contributed by atoms with van der Waals surface area (Å²) in [5.74, 6) is -1.04. The zero-order valence-electron chi connectivity index (χ0n) is 17.6. The molecule has 9 heteroatoms. The van der Waals surface area contributed by atoms with E-state index in [-0.39, 0.29) is 26.9 Å². The molecule has 0 aliphatic heterocycles. The van der Waals surface area contributed by atoms with Crippen LogP contribution in [0.25, 0.3) is 0 Å². The Morgan fingerprint density at radius 3 is 2.44 bits per heavy atom. The maximum absolute atomic E-state index is 12.9. The first-order valence-electron chi connectivity index (χ1n) is 9.77. The quantitative estimate of drug-likeness (QED) is 0.459. The third kappa shape index (κ3) is 5.33. The monoisotopic (exact) mass is 474 g/mol. The van der Waals surface area contributed by atoms with Crippen molar-refractivity contribution in [1.29, 1.82) is 0 Å². The second kappa shape index (κ2) is 9.93. The van der Waals surface area contributed by atoms with Crippen LogP contribution in [0.1, 0.15) is 22.8 Å². The fourth-order valence-corrected chi connectivity index (χ4v) is 4.77. The molecule has 0 fully saturated rings. The van der Waals surface area contributed by atoms with Gasteiger partial charge in [-0.15, -0.1) is 0 Å². The molecular formula is C23H23ClN2O5S. The van der Waals surface area contributed by atoms with Crippen LogP contribution in [-0.2, 0) is 16.6 Å². The fourth-order valence-electron chi connectivity index (χ4n) is 3.29. The summed E-state index contributed by atoms with van der Waals surface area (Å²) >= 11 is 5.96. The number of halogens is 1. The van der Waals surface area contributed by atoms with Crippen LogP contribution in [0.15, 0.2) is 71.6 Å². The second-order valence-corrected chi connectivity index (χ2v) is 9.02. The molecule has 0 radical (unpaired) electrons. The van der Waals surface area contributed by atoms with Crippen molar-refractivity contribution in [1.82, 2.24) is 0 Å². The van der Waals surface area contributed by atoms with E-state index in [0.29, 0.717) is 18.8 Å². The number of carboxylic acid groups (broad SMARTS) is 1. The van der Waals surface area contributed by atoms with Crippen LogP contribution >= 0.6 is 11.6 Å². The number of aromatic carboxylic acids is 1. The van der Waals surface area contributed by atoms with Crippen molar-refractivity contribution in [3.05, 3.63) is 82.9 Å². The van der Waals surface area contributed by atoms with E-state index in [1.165, 1.54) is 37.4 Å². The van der Waals surface area contributed by atoms with Gasteiger partial charge in [-0.25, -0.2) is 13.2 Å². The number of sulfonamides is 1. The Labute approximate surface area is 192 Å². The molecule has 0 unspecified atom stereocenters. The molecule has 3 aromatic rings. The first kappa shape index (κ1) is 23.4. The topological polar surface area (TPSA) is 95.9 Å². The van der Waals surface area contributed by atoms with E-state index in [9.17, 15) is 18.3 Å². The Hall–Kier alpha value is -3.23. The maximum atomic E-state index is 12.9. The van der Waals surface area contributed by atoms with E-state index < -0.39 is 16.0 Å². The summed E-state index contributed by atoms with van der Waals surface area (Å²) in [6.45, 7) is 3.01. The summed E-state index contributed by atoms with van der Waals surface area (Å²) in [6.07, 6.45) is 0. The SMILES string of the molecule is CCN(Cc1ccccc1)c1ccc(NS(=O)(=O)c2cc(Cl)ccc2OC)cc1C(=O)O. The van der Waals surface area contributed by atoms with Crippen molar-refractivity contribution in [3.8, 4) is 5.75 Å². The second-order valence-electron chi connectivity index (χ2n) is 6.94. The number of carboxylic acids is 1. The van der Waals surface area contributed by atoms with E-state index in [0.717, 1.165) is 5.56 Å². The summed E-state index contributed by atoms with van der Waals surface area (Å²) in [4.78, 5) is 13.8. The van der Waals surface area contributed by atoms with E-state index in [2.05, 4.69) is 4.72 Å². The first-order chi connectivity index (χ1) is 15.2. The first-order valence-corrected chi connectivity index (χ1v) is 11.6. The van der Waals surface area contributed by atoms with Gasteiger partial charge in [0.15, 0.2) is 0 Å². The number of carbonyl (C=O) groups is 1. The fraction of sp³-hybridized carbons (Fsp3) is 0.174. The van der Waals surface area contributed by atoms with Crippen molar-refractivity contribution in [2.24, 2.45) is 0 Å². The molecule has 32 heavy (non-hydrogen) atoms. The summed E-state index contributed by atoms with van der Waals surface area (Å²) in [6, 6.07) is 18.4. The molecule has 3 rings (SSSR count). The van der Waals surface area contributed by atoms with E-state index in [1.807, 2.05) is 42.2 Å². The number of ether oxygens (including phenoxy) is 1. The van der Waals surface area contributed by atoms with Crippen molar-refractivity contribution >= 4 is 39.0 Å². The van der Waals surface area contributed by atoms with E-state index in [1.54, 1.807) is 6.07 Å². The molecule has 3 aromatic carbocycles. The van der Waals surface area contributed by atoms with Crippen molar-refractivity contribution in [2.75, 3.05) is 23.3 Å². The third-order valence-corrected chi connectivity index (χ3v) is 6.47. The summed E-state index contributed by atoms with van der Waals surface area (Å²) < 4.78 is 33.4. The standard InChI is InChI=1S/C23H23ClN2O5S/c1-3-26(15-16-7-5-4-6-8-16)20-11-10-18(14-19(20)23(27)28)25-32(29,30)22-13-17(24)9-12-21(22)31-2/h4-14,25H,3,15H2,1-2H3,(H,27,28). The normalized spacial score (nSPS) is 11.1. The molecule has 0 spiro atoms. The zero-order valence-corrected chi connectivity index (χ0v) is 19.2. The van der Waals surface area contributed by atoms with E-state index in [4.69, 9.17) is 16.3 Å². The Bertz CT molecular complexity index is 1220. The molecule has 0 saturated carbocycles. The van der Waals surface area contributed by atoms with Gasteiger partial charge in [-0.1, -0.05) is 41.9 Å². The number of methoxy groups -OCH3 is 1. The lowest BCUT2D eigenvalue weighted by Crippen LogP contribution is -2.24. The summed E-state index contributed by atoms with van der Waals surface area (Å²) in [5, 5.41) is 10.0. The van der Waals surface area contributed by atoms with Crippen LogP contribution in [0.2, 0.25) is 5.02 Å². The largest absolute Gasteiger partial charge is 0.495 e. The van der Waals surface area contributed by atoms with Crippen LogP contribution in [-0.4, -0.2) is 33.1 Å². The van der Waals surface area contributed by atoms with Gasteiger partial charge in [0.1, 0.15) is 10.6 Å². The van der Waals surface area contributed by atoms with Gasteiger partial charge in [0.25, 0.3) is 10.0 Å². The highest BCUT2D eigenvalue weighted by molar-refractivity contribution is 7.92. The molecule has 0 bridgehead atoms. The number of nitrogens with zero attached hydrogens (tertiary/aromatic N) is 1. The van der Waals surface area contributed by atoms with Crippen LogP contribution in [0.4, 0.5) is 11.4 Å². The van der Waals surface area contributed by atoms with Gasteiger partial charge in [0.2, 0.25) is 0 Å². The van der Waals surface area contributed by atoms with Crippen LogP contribution in [0, 0.1) is 0 Å². The smallest absolute Gasteiger partial charge is 0.337 e. The van der Waals surface area contributed by atoms with Crippen molar-refractivity contribution < 1.29 is 23.1 Å². The molecule has 7 nitrogen and oxygen atoms in total. The Morgan fingerprint density at radius 1 is 1.09 bits per heavy atom. The average Bonchev–Trinajstić information content (AvgIpc) is 2.78. The minimum absolute atomic E-state index is 0.0129. The minimum atomic E-state index is -4.07. The number of anilines is 2. The van der Waals surface area contributed by atoms with Crippen LogP contribution in [0.5, 0.6) is 5.75 Å². The minimum Gasteiger partial charge on any atom is -0.495 e. The molecule has 0 aliphatic rings. The van der Waals surface area contributed by atoms with Crippen molar-refractivity contribution in [3.63, 3.8) is 0 Å². The van der Waals surface area contributed by atoms with Crippen LogP contribution in [0.3, 0.4) is 0 Å². The Balaban J connectivity index is 1.95. The van der Waals surface area contributed by atoms with Gasteiger partial charge in [-0.2, -0.15) is 0 Å². The van der Waals surface area contributed by atoms with Crippen molar-refractivity contribution in [2.45, 2.75) is 18.4 Å². The Kier molecular flexibility index (Phi) is 7.27. The molecule has 0 saturated heterocycles. The van der Waals surface area contributed by atoms with Gasteiger partial charge in [-0.05, 0) is 48.9 Å². The Morgan fingerprint density at radius 2 is 1.81 bits per heavy atom. The molecular weight excluding hydrogens is 452 g/mol. The highest BCUT2D eigenvalue weighted by Crippen LogP contribution is 2.31. The summed E-state index contributed by atoms with van der Waals surface area (Å²) in [7, 11) is -2.72. The molecule has 2 N–H and O–H groups in total. The zero-order chi connectivity index (χ0) is 23.3. The molecule has 0 atom stereocenters. The van der Waals surface area contributed by atoms with Gasteiger partial charge >= 0.3 is 5.97 Å². The third-order valence-electron chi connectivity index (χ3n) is 4.83. The summed E-state index contributed by atoms with van der Waals surface area (Å²) in [5.41, 5.74) is 1.63. The lowest BCUT2D eigenvalue weighted by Gasteiger charge is -2.25. The van der Waals surface area contributed by atoms with Crippen LogP contribution < -0.4 is 14.4 Å². The number of nitrogens with one attached hydrogen (secondary N) is 1. The average molecular weight is 475 g/mol. The van der Waals surface area contributed by atoms with Gasteiger partial charge in [-0.3, -0.25) is 4.72 Å². The molecule has 168 valence electrons. The number of rotatable bonds is 9. The molecule has 0 heterocycles. The van der Waals surface area contributed by atoms with Gasteiger partial charge in [0, 0.05) is 23.8 Å². The van der Waals surface area contributed by atoms with Gasteiger partial charge < -0.3 is 14.7 Å². The maximum Gasteiger partial charge on any atom is 0.337 e. The molecule has 0 amide bonds. The highest BCUT2D eigenvalue weighted by atomic mass is 35.5. The molecule has 0 aliphatic carbocycles. The van der Waals surface area contributed by atoms with E-state index >= 15 is 0 Å². The predicted molar refractivity (Wildman–Crippen MR) is 125 cm³/mol. The highest BCUT2D eigenvalue weighted by Gasteiger charge is 2.22. The number of hydrogen-bond acceptors (Lipinski definition) is 5. The van der Waals surface area contributed by atoms with Gasteiger partial charge in [0.05, 0.1) is 18.4 Å².